The maximum Gasteiger partial charge on any atom is 0.196 e. The van der Waals surface area contributed by atoms with Crippen LogP contribution in [0.15, 0.2) is 0 Å². The van der Waals surface area contributed by atoms with E-state index >= 15 is 0 Å². The molecule has 0 heterocycles. The molecule has 0 aromatic rings. The lowest BCUT2D eigenvalue weighted by atomic mass is 12.0. The third-order valence-electron chi connectivity index (χ3n) is 0. The van der Waals surface area contributed by atoms with Gasteiger partial charge in [0.15, 0.2) is 6.63 Å². The zero-order valence-electron chi connectivity index (χ0n) is 2.26. The molecule has 0 aliphatic carbocycles. The van der Waals surface area contributed by atoms with E-state index in [0.29, 0.717) is 0 Å². The molecule has 0 radical (unpaired) electrons. The standard InChI is InChI=1S/CH3Cl2P/c1-4(2)3/h1H3/p+1. The Bertz CT molecular complexity index is 10.8. The minimum absolute atomic E-state index is 0.935. The predicted molar refractivity (Wildman–Crippen MR) is 25.9 cm³/mol. The van der Waals surface area contributed by atoms with Gasteiger partial charge in [-0.3, -0.25) is 0 Å². The molecule has 0 amide bonds. The largest absolute Gasteiger partial charge is 0.196 e. The minimum atomic E-state index is -0.935. The summed E-state index contributed by atoms with van der Waals surface area (Å²) >= 11 is 10.3. The van der Waals surface area contributed by atoms with Crippen molar-refractivity contribution in [2.75, 3.05) is 6.66 Å². The first-order valence-electron chi connectivity index (χ1n) is 0.878. The normalized spacial score (nSPS) is 9.00. The van der Waals surface area contributed by atoms with Gasteiger partial charge < -0.3 is 0 Å². The summed E-state index contributed by atoms with van der Waals surface area (Å²) in [6.07, 6.45) is 0. The van der Waals surface area contributed by atoms with Crippen LogP contribution in [0.5, 0.6) is 0 Å². The van der Waals surface area contributed by atoms with Gasteiger partial charge in [0.25, 0.3) is 0 Å². The fourth-order valence-corrected chi connectivity index (χ4v) is 0. The van der Waals surface area contributed by atoms with Crippen LogP contribution in [0.1, 0.15) is 0 Å². The zero-order chi connectivity index (χ0) is 3.58. The van der Waals surface area contributed by atoms with Crippen molar-refractivity contribution in [3.63, 3.8) is 0 Å². The molecule has 0 aromatic heterocycles. The number of hydrogen-bond donors (Lipinski definition) is 0. The highest BCUT2D eigenvalue weighted by Gasteiger charge is 1.88. The predicted octanol–water partition coefficient (Wildman–Crippen LogP) is 2.14. The molecule has 0 rings (SSSR count). The van der Waals surface area contributed by atoms with Crippen LogP contribution in [0, 0.1) is 0 Å². The van der Waals surface area contributed by atoms with Gasteiger partial charge in [0.2, 0.25) is 0 Å². The summed E-state index contributed by atoms with van der Waals surface area (Å²) < 4.78 is 0. The Hall–Kier alpha value is 1.01. The summed E-state index contributed by atoms with van der Waals surface area (Å²) in [6.45, 7) is 0.864. The Balaban J connectivity index is 2.32. The highest BCUT2D eigenvalue weighted by Crippen LogP contribution is 2.41. The monoisotopic (exact) mass is 117 g/mol. The third-order valence-corrected chi connectivity index (χ3v) is 0. The first kappa shape index (κ1) is 5.01. The van der Waals surface area contributed by atoms with Gasteiger partial charge in [0.1, 0.15) is 22.5 Å². The lowest BCUT2D eigenvalue weighted by Gasteiger charge is -1.59. The third kappa shape index (κ3) is 11.9. The molecule has 0 saturated carbocycles. The summed E-state index contributed by atoms with van der Waals surface area (Å²) in [5, 5.41) is 0. The molecule has 0 aliphatic rings. The second kappa shape index (κ2) is 2.26. The second-order valence-corrected chi connectivity index (χ2v) is 5.33. The molecule has 26 valence electrons. The highest BCUT2D eigenvalue weighted by atomic mass is 35.9. The Morgan fingerprint density at radius 1 is 1.50 bits per heavy atom. The molecule has 0 nitrogen and oxygen atoms in total. The van der Waals surface area contributed by atoms with E-state index in [1.54, 1.807) is 6.66 Å². The van der Waals surface area contributed by atoms with Gasteiger partial charge in [-0.05, 0) is 0 Å². The van der Waals surface area contributed by atoms with Crippen molar-refractivity contribution in [1.82, 2.24) is 0 Å². The van der Waals surface area contributed by atoms with Crippen LogP contribution < -0.4 is 0 Å². The van der Waals surface area contributed by atoms with Crippen LogP contribution >= 0.6 is 29.1 Å². The number of halogens is 2. The maximum absolute atomic E-state index is 5.14. The van der Waals surface area contributed by atoms with E-state index in [1.165, 1.54) is 0 Å². The van der Waals surface area contributed by atoms with Gasteiger partial charge in [0, 0.05) is 0 Å². The molecular formula is CH4Cl2P+. The summed E-state index contributed by atoms with van der Waals surface area (Å²) in [6, 6.07) is 0. The SMILES string of the molecule is C[PH+](Cl)Cl. The first-order valence-corrected chi connectivity index (χ1v) is 4.90. The van der Waals surface area contributed by atoms with Crippen LogP contribution in [0.25, 0.3) is 0 Å². The van der Waals surface area contributed by atoms with Gasteiger partial charge in [-0.15, -0.1) is 0 Å². The van der Waals surface area contributed by atoms with Crippen molar-refractivity contribution in [3.8, 4) is 0 Å². The molecular weight excluding hydrogens is 114 g/mol. The number of hydrogen-bond acceptors (Lipinski definition) is 0. The summed E-state index contributed by atoms with van der Waals surface area (Å²) in [4.78, 5) is 0. The van der Waals surface area contributed by atoms with E-state index in [1.807, 2.05) is 0 Å². The quantitative estimate of drug-likeness (QED) is 0.427. The van der Waals surface area contributed by atoms with Crippen molar-refractivity contribution < 1.29 is 0 Å². The van der Waals surface area contributed by atoms with Crippen LogP contribution in [0.4, 0.5) is 0 Å². The van der Waals surface area contributed by atoms with Crippen LogP contribution in [0.2, 0.25) is 0 Å². The molecule has 0 fully saturated rings. The summed E-state index contributed by atoms with van der Waals surface area (Å²) in [5.41, 5.74) is 0. The summed E-state index contributed by atoms with van der Waals surface area (Å²) in [7, 11) is 0. The molecule has 4 heavy (non-hydrogen) atoms. The van der Waals surface area contributed by atoms with E-state index in [9.17, 15) is 0 Å². The van der Waals surface area contributed by atoms with Gasteiger partial charge in [-0.1, -0.05) is 0 Å². The van der Waals surface area contributed by atoms with E-state index in [-0.39, 0.29) is 0 Å². The Morgan fingerprint density at radius 3 is 1.50 bits per heavy atom. The maximum atomic E-state index is 5.14. The lowest BCUT2D eigenvalue weighted by Crippen LogP contribution is -1.20. The Morgan fingerprint density at radius 2 is 1.50 bits per heavy atom. The topological polar surface area (TPSA) is 0 Å². The van der Waals surface area contributed by atoms with Gasteiger partial charge in [-0.25, -0.2) is 0 Å². The van der Waals surface area contributed by atoms with E-state index in [4.69, 9.17) is 22.5 Å². The van der Waals surface area contributed by atoms with E-state index < -0.39 is 6.63 Å². The molecule has 0 bridgehead atoms. The van der Waals surface area contributed by atoms with Crippen LogP contribution in [-0.2, 0) is 0 Å². The highest BCUT2D eigenvalue weighted by molar-refractivity contribution is 8.03. The molecule has 0 unspecified atom stereocenters. The molecule has 0 spiro atoms. The van der Waals surface area contributed by atoms with E-state index in [0.717, 1.165) is 0 Å². The molecule has 0 aliphatic heterocycles. The first-order chi connectivity index (χ1) is 1.73. The smallest absolute Gasteiger partial charge is 0.0787 e. The average Bonchev–Trinajstić information content (AvgIpc) is 0.811. The van der Waals surface area contributed by atoms with Gasteiger partial charge in [0.05, 0.1) is 6.66 Å². The minimum Gasteiger partial charge on any atom is 0.0787 e. The van der Waals surface area contributed by atoms with Crippen molar-refractivity contribution in [2.24, 2.45) is 0 Å². The lowest BCUT2D eigenvalue weighted by molar-refractivity contribution is 2.49. The van der Waals surface area contributed by atoms with Gasteiger partial charge in [-0.2, -0.15) is 0 Å². The van der Waals surface area contributed by atoms with Gasteiger partial charge >= 0.3 is 0 Å². The van der Waals surface area contributed by atoms with Crippen molar-refractivity contribution in [2.45, 2.75) is 0 Å². The van der Waals surface area contributed by atoms with E-state index in [2.05, 4.69) is 0 Å². The second-order valence-electron chi connectivity index (χ2n) is 0.449. The fraction of sp³-hybridized carbons (Fsp3) is 1.00. The average molecular weight is 118 g/mol. The molecule has 0 saturated heterocycles. The zero-order valence-corrected chi connectivity index (χ0v) is 4.77. The molecule has 0 aromatic carbocycles. The molecule has 3 heteroatoms. The fourth-order valence-electron chi connectivity index (χ4n) is 0. The Kier molecular flexibility index (Phi) is 2.83. The van der Waals surface area contributed by atoms with Crippen LogP contribution in [-0.4, -0.2) is 6.66 Å². The van der Waals surface area contributed by atoms with Crippen molar-refractivity contribution in [1.29, 1.82) is 0 Å². The van der Waals surface area contributed by atoms with Crippen molar-refractivity contribution >= 4 is 29.1 Å². The van der Waals surface area contributed by atoms with Crippen LogP contribution in [0.3, 0.4) is 0 Å². The Labute approximate surface area is 36.4 Å². The molecule has 0 atom stereocenters. The van der Waals surface area contributed by atoms with Crippen molar-refractivity contribution in [3.05, 3.63) is 0 Å². The molecule has 0 N–H and O–H groups in total. The summed E-state index contributed by atoms with van der Waals surface area (Å²) in [5.74, 6) is 0. The number of rotatable bonds is 0.